The van der Waals surface area contributed by atoms with Crippen LogP contribution in [0.5, 0.6) is 0 Å². The smallest absolute Gasteiger partial charge is 0.136 e. The molecule has 3 atom stereocenters. The Morgan fingerprint density at radius 3 is 3.00 bits per heavy atom. The van der Waals surface area contributed by atoms with E-state index < -0.39 is 0 Å². The molecule has 2 bridgehead atoms. The fourth-order valence-electron chi connectivity index (χ4n) is 2.49. The van der Waals surface area contributed by atoms with Crippen LogP contribution in [0, 0.1) is 17.8 Å². The Balaban J connectivity index is 2.17. The van der Waals surface area contributed by atoms with Crippen LogP contribution in [0.15, 0.2) is 0 Å². The summed E-state index contributed by atoms with van der Waals surface area (Å²) in [7, 11) is 0. The first-order valence-corrected chi connectivity index (χ1v) is 4.30. The van der Waals surface area contributed by atoms with Crippen LogP contribution < -0.4 is 0 Å². The minimum Gasteiger partial charge on any atom is -0.299 e. The van der Waals surface area contributed by atoms with Crippen molar-refractivity contribution in [2.24, 2.45) is 17.8 Å². The van der Waals surface area contributed by atoms with Gasteiger partial charge in [-0.25, -0.2) is 0 Å². The number of Topliss-reactive ketones (excluding diaryl/α,β-unsaturated/α-hetero) is 1. The lowest BCUT2D eigenvalue weighted by molar-refractivity contribution is -0.126. The van der Waals surface area contributed by atoms with Crippen molar-refractivity contribution < 1.29 is 4.79 Å². The average molecular weight is 138 g/mol. The van der Waals surface area contributed by atoms with E-state index in [0.717, 1.165) is 18.3 Å². The van der Waals surface area contributed by atoms with Gasteiger partial charge in [0.2, 0.25) is 0 Å². The SMILES string of the molecule is C[C@H]1C(=O)C[C@H]2CC[C@@H]1C2. The normalized spacial score (nSPS) is 46.1. The van der Waals surface area contributed by atoms with Crippen molar-refractivity contribution in [3.8, 4) is 0 Å². The lowest BCUT2D eigenvalue weighted by Gasteiger charge is -2.23. The first-order valence-electron chi connectivity index (χ1n) is 4.30. The molecule has 2 saturated carbocycles. The van der Waals surface area contributed by atoms with E-state index in [1.54, 1.807) is 0 Å². The summed E-state index contributed by atoms with van der Waals surface area (Å²) >= 11 is 0. The third-order valence-corrected chi connectivity index (χ3v) is 3.29. The molecular formula is C9H14O. The maximum absolute atomic E-state index is 11.3. The molecule has 1 nitrogen and oxygen atoms in total. The number of hydrogen-bond donors (Lipinski definition) is 0. The maximum atomic E-state index is 11.3. The number of ketones is 1. The lowest BCUT2D eigenvalue weighted by Crippen LogP contribution is -2.24. The van der Waals surface area contributed by atoms with E-state index in [1.807, 2.05) is 0 Å². The number of rotatable bonds is 0. The molecule has 1 heteroatoms. The van der Waals surface area contributed by atoms with Crippen LogP contribution in [-0.2, 0) is 4.79 Å². The zero-order chi connectivity index (χ0) is 7.14. The standard InChI is InChI=1S/C9H14O/c1-6-8-3-2-7(4-8)5-9(6)10/h6-8H,2-5H2,1H3/t6-,7+,8-/m1/s1. The number of carbonyl (C=O) groups is 1. The largest absolute Gasteiger partial charge is 0.299 e. The summed E-state index contributed by atoms with van der Waals surface area (Å²) in [5.74, 6) is 2.44. The van der Waals surface area contributed by atoms with Gasteiger partial charge in [0.15, 0.2) is 0 Å². The van der Waals surface area contributed by atoms with Crippen molar-refractivity contribution in [2.45, 2.75) is 32.6 Å². The second kappa shape index (κ2) is 2.08. The van der Waals surface area contributed by atoms with Crippen LogP contribution in [0.3, 0.4) is 0 Å². The molecule has 0 radical (unpaired) electrons. The van der Waals surface area contributed by atoms with Gasteiger partial charge in [-0.05, 0) is 31.1 Å². The van der Waals surface area contributed by atoms with Crippen LogP contribution in [-0.4, -0.2) is 5.78 Å². The van der Waals surface area contributed by atoms with Crippen LogP contribution >= 0.6 is 0 Å². The number of carbonyl (C=O) groups excluding carboxylic acids is 1. The predicted octanol–water partition coefficient (Wildman–Crippen LogP) is 2.01. The van der Waals surface area contributed by atoms with Crippen molar-refractivity contribution in [1.29, 1.82) is 0 Å². The highest BCUT2D eigenvalue weighted by Crippen LogP contribution is 2.43. The van der Waals surface area contributed by atoms with E-state index >= 15 is 0 Å². The van der Waals surface area contributed by atoms with E-state index in [9.17, 15) is 4.79 Å². The molecule has 0 N–H and O–H groups in total. The van der Waals surface area contributed by atoms with E-state index in [-0.39, 0.29) is 0 Å². The Morgan fingerprint density at radius 1 is 1.40 bits per heavy atom. The summed E-state index contributed by atoms with van der Waals surface area (Å²) in [6, 6.07) is 0. The molecule has 0 spiro atoms. The summed E-state index contributed by atoms with van der Waals surface area (Å²) in [4.78, 5) is 11.3. The van der Waals surface area contributed by atoms with Crippen molar-refractivity contribution in [1.82, 2.24) is 0 Å². The zero-order valence-corrected chi connectivity index (χ0v) is 6.47. The van der Waals surface area contributed by atoms with Crippen molar-refractivity contribution in [3.63, 3.8) is 0 Å². The van der Waals surface area contributed by atoms with Crippen LogP contribution in [0.25, 0.3) is 0 Å². The molecule has 2 aliphatic rings. The van der Waals surface area contributed by atoms with Crippen LogP contribution in [0.2, 0.25) is 0 Å². The second-order valence-corrected chi connectivity index (χ2v) is 3.90. The van der Waals surface area contributed by atoms with Gasteiger partial charge < -0.3 is 0 Å². The van der Waals surface area contributed by atoms with E-state index in [4.69, 9.17) is 0 Å². The highest BCUT2D eigenvalue weighted by molar-refractivity contribution is 5.82. The molecule has 2 aliphatic carbocycles. The molecule has 10 heavy (non-hydrogen) atoms. The Labute approximate surface area is 61.8 Å². The molecule has 0 amide bonds. The Morgan fingerprint density at radius 2 is 2.20 bits per heavy atom. The third-order valence-electron chi connectivity index (χ3n) is 3.29. The van der Waals surface area contributed by atoms with Gasteiger partial charge in [0, 0.05) is 12.3 Å². The Hall–Kier alpha value is -0.330. The summed E-state index contributed by atoms with van der Waals surface area (Å²) in [5, 5.41) is 0. The molecule has 2 rings (SSSR count). The van der Waals surface area contributed by atoms with Gasteiger partial charge in [0.1, 0.15) is 5.78 Å². The molecule has 0 aromatic heterocycles. The zero-order valence-electron chi connectivity index (χ0n) is 6.47. The molecule has 56 valence electrons. The molecule has 0 aliphatic heterocycles. The molecule has 0 aromatic carbocycles. The molecule has 0 aromatic rings. The monoisotopic (exact) mass is 138 g/mol. The topological polar surface area (TPSA) is 17.1 Å². The maximum Gasteiger partial charge on any atom is 0.136 e. The minimum absolute atomic E-state index is 0.388. The van der Waals surface area contributed by atoms with E-state index in [1.165, 1.54) is 19.3 Å². The van der Waals surface area contributed by atoms with Crippen molar-refractivity contribution >= 4 is 5.78 Å². The lowest BCUT2D eigenvalue weighted by atomic mass is 9.80. The molecule has 0 heterocycles. The highest BCUT2D eigenvalue weighted by Gasteiger charge is 2.38. The van der Waals surface area contributed by atoms with Crippen molar-refractivity contribution in [3.05, 3.63) is 0 Å². The average Bonchev–Trinajstić information content (AvgIpc) is 2.29. The summed E-state index contributed by atoms with van der Waals surface area (Å²) in [5.41, 5.74) is 0. The number of fused-ring (bicyclic) bond motifs is 2. The van der Waals surface area contributed by atoms with Gasteiger partial charge >= 0.3 is 0 Å². The number of hydrogen-bond acceptors (Lipinski definition) is 1. The van der Waals surface area contributed by atoms with Gasteiger partial charge in [0.25, 0.3) is 0 Å². The van der Waals surface area contributed by atoms with Crippen LogP contribution in [0.1, 0.15) is 32.6 Å². The van der Waals surface area contributed by atoms with Gasteiger partial charge in [0.05, 0.1) is 0 Å². The molecular weight excluding hydrogens is 124 g/mol. The Kier molecular flexibility index (Phi) is 1.33. The summed E-state index contributed by atoms with van der Waals surface area (Å²) in [6.07, 6.45) is 4.86. The van der Waals surface area contributed by atoms with Crippen LogP contribution in [0.4, 0.5) is 0 Å². The minimum atomic E-state index is 0.388. The third kappa shape index (κ3) is 0.799. The van der Waals surface area contributed by atoms with Gasteiger partial charge in [-0.15, -0.1) is 0 Å². The summed E-state index contributed by atoms with van der Waals surface area (Å²) < 4.78 is 0. The predicted molar refractivity (Wildman–Crippen MR) is 39.6 cm³/mol. The van der Waals surface area contributed by atoms with Gasteiger partial charge in [-0.3, -0.25) is 4.79 Å². The van der Waals surface area contributed by atoms with Crippen molar-refractivity contribution in [2.75, 3.05) is 0 Å². The molecule has 2 fully saturated rings. The quantitative estimate of drug-likeness (QED) is 0.500. The first kappa shape index (κ1) is 6.38. The fraction of sp³-hybridized carbons (Fsp3) is 0.889. The highest BCUT2D eigenvalue weighted by atomic mass is 16.1. The van der Waals surface area contributed by atoms with Gasteiger partial charge in [-0.1, -0.05) is 6.92 Å². The van der Waals surface area contributed by atoms with E-state index in [0.29, 0.717) is 11.7 Å². The molecule has 0 unspecified atom stereocenters. The Bertz CT molecular complexity index is 162. The van der Waals surface area contributed by atoms with E-state index in [2.05, 4.69) is 6.92 Å². The first-order chi connectivity index (χ1) is 4.77. The molecule has 0 saturated heterocycles. The fourth-order valence-corrected chi connectivity index (χ4v) is 2.49. The second-order valence-electron chi connectivity index (χ2n) is 3.90. The summed E-state index contributed by atoms with van der Waals surface area (Å²) in [6.45, 7) is 2.11. The van der Waals surface area contributed by atoms with Gasteiger partial charge in [-0.2, -0.15) is 0 Å².